The quantitative estimate of drug-likeness (QED) is 0.879. The maximum atomic E-state index is 6.18. The molecule has 2 heterocycles. The van der Waals surface area contributed by atoms with Gasteiger partial charge in [0.25, 0.3) is 0 Å². The van der Waals surface area contributed by atoms with Crippen molar-refractivity contribution >= 4 is 11.3 Å². The molecule has 2 aromatic heterocycles. The smallest absolute Gasteiger partial charge is 0.0318 e. The van der Waals surface area contributed by atoms with Gasteiger partial charge in [0.2, 0.25) is 0 Å². The van der Waals surface area contributed by atoms with Crippen LogP contribution in [0.25, 0.3) is 0 Å². The van der Waals surface area contributed by atoms with Gasteiger partial charge in [0.05, 0.1) is 0 Å². The summed E-state index contributed by atoms with van der Waals surface area (Å²) in [6, 6.07) is 6.35. The van der Waals surface area contributed by atoms with Crippen LogP contribution >= 0.6 is 11.3 Å². The van der Waals surface area contributed by atoms with Crippen LogP contribution in [0.3, 0.4) is 0 Å². The second kappa shape index (κ2) is 5.23. The Morgan fingerprint density at radius 1 is 1.44 bits per heavy atom. The van der Waals surface area contributed by atoms with Crippen LogP contribution in [0.5, 0.6) is 0 Å². The average molecular weight is 232 g/mol. The maximum Gasteiger partial charge on any atom is 0.0318 e. The first-order valence-electron chi connectivity index (χ1n) is 5.46. The highest BCUT2D eigenvalue weighted by Crippen LogP contribution is 2.20. The first-order valence-corrected chi connectivity index (χ1v) is 6.34. The van der Waals surface area contributed by atoms with E-state index in [-0.39, 0.29) is 6.04 Å². The molecular formula is C13H16N2S. The molecule has 1 atom stereocenters. The van der Waals surface area contributed by atoms with Crippen molar-refractivity contribution in [2.24, 2.45) is 5.73 Å². The summed E-state index contributed by atoms with van der Waals surface area (Å²) in [4.78, 5) is 5.53. The normalized spacial score (nSPS) is 12.6. The van der Waals surface area contributed by atoms with E-state index in [4.69, 9.17) is 5.73 Å². The summed E-state index contributed by atoms with van der Waals surface area (Å²) in [6.45, 7) is 2.09. The number of hydrogen-bond donors (Lipinski definition) is 1. The van der Waals surface area contributed by atoms with E-state index in [1.54, 1.807) is 11.3 Å². The van der Waals surface area contributed by atoms with Crippen LogP contribution in [0.15, 0.2) is 36.0 Å². The van der Waals surface area contributed by atoms with Gasteiger partial charge < -0.3 is 5.73 Å². The van der Waals surface area contributed by atoms with Crippen molar-refractivity contribution in [3.8, 4) is 0 Å². The number of rotatable bonds is 4. The van der Waals surface area contributed by atoms with Crippen LogP contribution in [-0.2, 0) is 6.42 Å². The number of nitrogens with two attached hydrogens (primary N) is 1. The lowest BCUT2D eigenvalue weighted by atomic mass is 10.0. The zero-order valence-corrected chi connectivity index (χ0v) is 10.2. The molecule has 0 saturated heterocycles. The maximum absolute atomic E-state index is 6.18. The predicted octanol–water partition coefficient (Wildman–Crippen LogP) is 3.08. The zero-order chi connectivity index (χ0) is 11.4. The number of pyridine rings is 1. The van der Waals surface area contributed by atoms with E-state index in [0.29, 0.717) is 0 Å². The molecule has 2 aromatic rings. The fraction of sp³-hybridized carbons (Fsp3) is 0.308. The molecule has 0 saturated carbocycles. The van der Waals surface area contributed by atoms with E-state index in [1.165, 1.54) is 16.0 Å². The van der Waals surface area contributed by atoms with Crippen LogP contribution in [0, 0.1) is 6.92 Å². The molecule has 0 spiro atoms. The Balaban J connectivity index is 1.98. The lowest BCUT2D eigenvalue weighted by molar-refractivity contribution is 0.649. The summed E-state index contributed by atoms with van der Waals surface area (Å²) in [5.41, 5.74) is 8.57. The Kier molecular flexibility index (Phi) is 3.70. The molecule has 0 amide bonds. The van der Waals surface area contributed by atoms with Gasteiger partial charge in [-0.3, -0.25) is 4.98 Å². The van der Waals surface area contributed by atoms with Crippen LogP contribution in [0.2, 0.25) is 0 Å². The highest BCUT2D eigenvalue weighted by molar-refractivity contribution is 7.09. The Labute approximate surface area is 100 Å². The van der Waals surface area contributed by atoms with Gasteiger partial charge in [0.15, 0.2) is 0 Å². The van der Waals surface area contributed by atoms with Gasteiger partial charge >= 0.3 is 0 Å². The second-order valence-electron chi connectivity index (χ2n) is 3.96. The van der Waals surface area contributed by atoms with E-state index in [2.05, 4.69) is 29.4 Å². The van der Waals surface area contributed by atoms with Gasteiger partial charge in [-0.05, 0) is 48.4 Å². The van der Waals surface area contributed by atoms with Gasteiger partial charge in [0, 0.05) is 23.3 Å². The van der Waals surface area contributed by atoms with Gasteiger partial charge in [-0.2, -0.15) is 0 Å². The van der Waals surface area contributed by atoms with Crippen LogP contribution in [0.1, 0.15) is 28.5 Å². The molecule has 0 aliphatic heterocycles. The lowest BCUT2D eigenvalue weighted by Crippen LogP contribution is -2.12. The molecule has 0 bridgehead atoms. The largest absolute Gasteiger partial charge is 0.324 e. The fourth-order valence-electron chi connectivity index (χ4n) is 1.77. The molecule has 0 radical (unpaired) electrons. The molecule has 2 N–H and O–H groups in total. The van der Waals surface area contributed by atoms with Crippen molar-refractivity contribution in [2.75, 3.05) is 0 Å². The fourth-order valence-corrected chi connectivity index (χ4v) is 2.50. The minimum absolute atomic E-state index is 0.0933. The standard InChI is InChI=1S/C13H16N2S/c1-10-6-7-15-9-12(10)13(14)5-4-11-3-2-8-16-11/h2-3,6-9,13H,4-5,14H2,1H3. The number of hydrogen-bond acceptors (Lipinski definition) is 3. The van der Waals surface area contributed by atoms with E-state index in [1.807, 2.05) is 18.5 Å². The second-order valence-corrected chi connectivity index (χ2v) is 4.99. The summed E-state index contributed by atoms with van der Waals surface area (Å²) in [6.07, 6.45) is 5.72. The number of aromatic nitrogens is 1. The Morgan fingerprint density at radius 3 is 3.00 bits per heavy atom. The van der Waals surface area contributed by atoms with Gasteiger partial charge in [-0.25, -0.2) is 0 Å². The topological polar surface area (TPSA) is 38.9 Å². The molecule has 0 aromatic carbocycles. The van der Waals surface area contributed by atoms with E-state index >= 15 is 0 Å². The average Bonchev–Trinajstić information content (AvgIpc) is 2.79. The first-order chi connectivity index (χ1) is 7.77. The molecule has 84 valence electrons. The molecule has 1 unspecified atom stereocenters. The highest BCUT2D eigenvalue weighted by Gasteiger charge is 2.09. The molecule has 0 aliphatic rings. The summed E-state index contributed by atoms with van der Waals surface area (Å²) < 4.78 is 0. The lowest BCUT2D eigenvalue weighted by Gasteiger charge is -2.13. The first kappa shape index (κ1) is 11.3. The van der Waals surface area contributed by atoms with E-state index in [0.717, 1.165) is 12.8 Å². The van der Waals surface area contributed by atoms with Crippen molar-refractivity contribution in [1.29, 1.82) is 0 Å². The minimum Gasteiger partial charge on any atom is -0.324 e. The van der Waals surface area contributed by atoms with Crippen LogP contribution in [-0.4, -0.2) is 4.98 Å². The van der Waals surface area contributed by atoms with Crippen molar-refractivity contribution in [3.63, 3.8) is 0 Å². The predicted molar refractivity (Wildman–Crippen MR) is 68.5 cm³/mol. The Bertz CT molecular complexity index is 437. The molecule has 0 fully saturated rings. The summed E-state index contributed by atoms with van der Waals surface area (Å²) in [5.74, 6) is 0. The van der Waals surface area contributed by atoms with Crippen molar-refractivity contribution in [3.05, 3.63) is 52.0 Å². The number of aryl methyl sites for hydroxylation is 2. The third-order valence-electron chi connectivity index (χ3n) is 2.76. The minimum atomic E-state index is 0.0933. The monoisotopic (exact) mass is 232 g/mol. The van der Waals surface area contributed by atoms with Crippen molar-refractivity contribution in [1.82, 2.24) is 4.98 Å². The summed E-state index contributed by atoms with van der Waals surface area (Å²) in [7, 11) is 0. The SMILES string of the molecule is Cc1ccncc1C(N)CCc1cccs1. The van der Waals surface area contributed by atoms with E-state index in [9.17, 15) is 0 Å². The van der Waals surface area contributed by atoms with Gasteiger partial charge in [-0.15, -0.1) is 11.3 Å². The molecular weight excluding hydrogens is 216 g/mol. The van der Waals surface area contributed by atoms with Crippen LogP contribution in [0.4, 0.5) is 0 Å². The van der Waals surface area contributed by atoms with Crippen molar-refractivity contribution in [2.45, 2.75) is 25.8 Å². The summed E-state index contributed by atoms with van der Waals surface area (Å²) >= 11 is 1.79. The third kappa shape index (κ3) is 2.68. The zero-order valence-electron chi connectivity index (χ0n) is 9.39. The van der Waals surface area contributed by atoms with Crippen molar-refractivity contribution < 1.29 is 0 Å². The Morgan fingerprint density at radius 2 is 2.31 bits per heavy atom. The number of thiophene rings is 1. The molecule has 16 heavy (non-hydrogen) atoms. The number of nitrogens with zero attached hydrogens (tertiary/aromatic N) is 1. The Hall–Kier alpha value is -1.19. The molecule has 3 heteroatoms. The molecule has 2 rings (SSSR count). The van der Waals surface area contributed by atoms with Gasteiger partial charge in [-0.1, -0.05) is 6.07 Å². The van der Waals surface area contributed by atoms with Crippen LogP contribution < -0.4 is 5.73 Å². The molecule has 2 nitrogen and oxygen atoms in total. The molecule has 0 aliphatic carbocycles. The summed E-state index contributed by atoms with van der Waals surface area (Å²) in [5, 5.41) is 2.11. The highest BCUT2D eigenvalue weighted by atomic mass is 32.1. The van der Waals surface area contributed by atoms with Gasteiger partial charge in [0.1, 0.15) is 0 Å². The van der Waals surface area contributed by atoms with E-state index < -0.39 is 0 Å². The third-order valence-corrected chi connectivity index (χ3v) is 3.70.